The molecule has 1 fully saturated rings. The van der Waals surface area contributed by atoms with Crippen LogP contribution in [0.3, 0.4) is 0 Å². The first kappa shape index (κ1) is 17.8. The van der Waals surface area contributed by atoms with Crippen LogP contribution in [0.5, 0.6) is 0 Å². The van der Waals surface area contributed by atoms with E-state index in [1.54, 1.807) is 18.6 Å². The summed E-state index contributed by atoms with van der Waals surface area (Å²) < 4.78 is 0. The lowest BCUT2D eigenvalue weighted by Gasteiger charge is -2.39. The molecule has 0 radical (unpaired) electrons. The van der Waals surface area contributed by atoms with Crippen LogP contribution in [0.4, 0.5) is 10.6 Å². The first-order valence-corrected chi connectivity index (χ1v) is 9.70. The molecule has 6 nitrogen and oxygen atoms in total. The number of carbonyl (C=O) groups is 1. The zero-order chi connectivity index (χ0) is 18.9. The Bertz CT molecular complexity index is 799. The van der Waals surface area contributed by atoms with Crippen LogP contribution in [0.25, 0.3) is 0 Å². The van der Waals surface area contributed by atoms with Gasteiger partial charge in [0.2, 0.25) is 0 Å². The summed E-state index contributed by atoms with van der Waals surface area (Å²) in [4.78, 5) is 25.4. The van der Waals surface area contributed by atoms with Crippen LogP contribution in [-0.2, 0) is 5.41 Å². The van der Waals surface area contributed by atoms with Crippen molar-refractivity contribution < 1.29 is 4.79 Å². The van der Waals surface area contributed by atoms with Crippen molar-refractivity contribution >= 4 is 11.8 Å². The fourth-order valence-electron chi connectivity index (χ4n) is 4.20. The van der Waals surface area contributed by atoms with Gasteiger partial charge in [-0.15, -0.1) is 0 Å². The van der Waals surface area contributed by atoms with Crippen LogP contribution in [0.2, 0.25) is 0 Å². The first-order valence-electron chi connectivity index (χ1n) is 9.70. The van der Waals surface area contributed by atoms with E-state index in [1.807, 2.05) is 4.90 Å². The Balaban J connectivity index is 1.39. The van der Waals surface area contributed by atoms with Gasteiger partial charge in [0.1, 0.15) is 5.82 Å². The Labute approximate surface area is 160 Å². The molecule has 1 unspecified atom stereocenters. The molecule has 0 spiro atoms. The highest BCUT2D eigenvalue weighted by molar-refractivity contribution is 5.75. The van der Waals surface area contributed by atoms with Gasteiger partial charge >= 0.3 is 6.03 Å². The van der Waals surface area contributed by atoms with Gasteiger partial charge < -0.3 is 15.1 Å². The summed E-state index contributed by atoms with van der Waals surface area (Å²) in [6.45, 7) is 7.52. The monoisotopic (exact) mass is 365 g/mol. The van der Waals surface area contributed by atoms with Crippen LogP contribution in [-0.4, -0.2) is 47.1 Å². The average Bonchev–Trinajstić information content (AvgIpc) is 2.71. The second-order valence-electron chi connectivity index (χ2n) is 8.05. The molecule has 1 saturated heterocycles. The number of aromatic nitrogens is 2. The Kier molecular flexibility index (Phi) is 4.72. The molecule has 27 heavy (non-hydrogen) atoms. The van der Waals surface area contributed by atoms with E-state index in [-0.39, 0.29) is 17.5 Å². The Morgan fingerprint density at radius 2 is 1.93 bits per heavy atom. The molecule has 1 aliphatic carbocycles. The maximum Gasteiger partial charge on any atom is 0.318 e. The molecular weight excluding hydrogens is 338 g/mol. The van der Waals surface area contributed by atoms with E-state index in [1.165, 1.54) is 11.1 Å². The van der Waals surface area contributed by atoms with E-state index in [9.17, 15) is 4.79 Å². The van der Waals surface area contributed by atoms with E-state index in [0.29, 0.717) is 13.1 Å². The topological polar surface area (TPSA) is 61.4 Å². The lowest BCUT2D eigenvalue weighted by Crippen LogP contribution is -2.53. The van der Waals surface area contributed by atoms with Gasteiger partial charge in [-0.1, -0.05) is 38.1 Å². The Morgan fingerprint density at radius 3 is 2.67 bits per heavy atom. The minimum Gasteiger partial charge on any atom is -0.352 e. The highest BCUT2D eigenvalue weighted by atomic mass is 16.2. The Morgan fingerprint density at radius 1 is 1.15 bits per heavy atom. The van der Waals surface area contributed by atoms with Crippen molar-refractivity contribution in [1.29, 1.82) is 0 Å². The van der Waals surface area contributed by atoms with Crippen molar-refractivity contribution in [2.75, 3.05) is 31.1 Å². The molecule has 4 rings (SSSR count). The van der Waals surface area contributed by atoms with Crippen molar-refractivity contribution in [3.63, 3.8) is 0 Å². The molecule has 1 N–H and O–H groups in total. The summed E-state index contributed by atoms with van der Waals surface area (Å²) in [7, 11) is 0. The minimum atomic E-state index is 0.0355. The second-order valence-corrected chi connectivity index (χ2v) is 8.05. The number of nitrogens with zero attached hydrogens (tertiary/aromatic N) is 4. The van der Waals surface area contributed by atoms with Crippen molar-refractivity contribution in [3.05, 3.63) is 54.0 Å². The Hall–Kier alpha value is -2.63. The lowest BCUT2D eigenvalue weighted by atomic mass is 9.71. The number of benzene rings is 1. The molecule has 6 heteroatoms. The summed E-state index contributed by atoms with van der Waals surface area (Å²) in [6, 6.07) is 8.66. The third-order valence-electron chi connectivity index (χ3n) is 5.86. The molecule has 2 aromatic rings. The van der Waals surface area contributed by atoms with Crippen LogP contribution in [0, 0.1) is 0 Å². The van der Waals surface area contributed by atoms with Gasteiger partial charge in [-0.25, -0.2) is 9.78 Å². The molecule has 1 aromatic heterocycles. The highest BCUT2D eigenvalue weighted by Gasteiger charge is 2.34. The van der Waals surface area contributed by atoms with Crippen molar-refractivity contribution in [2.24, 2.45) is 0 Å². The number of urea groups is 1. The number of amides is 2. The normalized spacial score (nSPS) is 21.5. The summed E-state index contributed by atoms with van der Waals surface area (Å²) in [6.07, 6.45) is 7.22. The van der Waals surface area contributed by atoms with Gasteiger partial charge in [0.25, 0.3) is 0 Å². The summed E-state index contributed by atoms with van der Waals surface area (Å²) in [5, 5.41) is 3.28. The molecule has 142 valence electrons. The van der Waals surface area contributed by atoms with E-state index in [2.05, 4.69) is 58.3 Å². The largest absolute Gasteiger partial charge is 0.352 e. The quantitative estimate of drug-likeness (QED) is 0.888. The average molecular weight is 365 g/mol. The standard InChI is InChI=1S/C21H27N5O/c1-21(2)8-7-18(16-5-3-4-6-17(16)21)24-20(27)26-13-11-25(12-14-26)19-15-22-9-10-23-19/h3-6,9-10,15,18H,7-8,11-14H2,1-2H3,(H,24,27). The number of nitrogens with one attached hydrogen (secondary N) is 1. The number of piperazine rings is 1. The molecule has 1 aromatic carbocycles. The predicted molar refractivity (Wildman–Crippen MR) is 106 cm³/mol. The first-order chi connectivity index (χ1) is 13.0. The van der Waals surface area contributed by atoms with E-state index >= 15 is 0 Å². The zero-order valence-corrected chi connectivity index (χ0v) is 16.1. The van der Waals surface area contributed by atoms with Crippen LogP contribution in [0.1, 0.15) is 43.9 Å². The number of carbonyl (C=O) groups excluding carboxylic acids is 1. The number of hydrogen-bond acceptors (Lipinski definition) is 4. The van der Waals surface area contributed by atoms with Gasteiger partial charge in [-0.3, -0.25) is 4.98 Å². The lowest BCUT2D eigenvalue weighted by molar-refractivity contribution is 0.187. The van der Waals surface area contributed by atoms with Crippen molar-refractivity contribution in [3.8, 4) is 0 Å². The van der Waals surface area contributed by atoms with Crippen molar-refractivity contribution in [1.82, 2.24) is 20.2 Å². The third-order valence-corrected chi connectivity index (χ3v) is 5.86. The molecule has 2 aliphatic rings. The van der Waals surface area contributed by atoms with Crippen LogP contribution < -0.4 is 10.2 Å². The molecule has 1 atom stereocenters. The van der Waals surface area contributed by atoms with Crippen molar-refractivity contribution in [2.45, 2.75) is 38.1 Å². The summed E-state index contributed by atoms with van der Waals surface area (Å²) in [5.41, 5.74) is 2.79. The fourth-order valence-corrected chi connectivity index (χ4v) is 4.20. The highest BCUT2D eigenvalue weighted by Crippen LogP contribution is 2.41. The number of anilines is 1. The zero-order valence-electron chi connectivity index (χ0n) is 16.1. The summed E-state index contributed by atoms with van der Waals surface area (Å²) in [5.74, 6) is 0.876. The maximum atomic E-state index is 12.8. The smallest absolute Gasteiger partial charge is 0.318 e. The van der Waals surface area contributed by atoms with Gasteiger partial charge in [-0.05, 0) is 29.4 Å². The molecule has 1 aliphatic heterocycles. The van der Waals surface area contributed by atoms with Gasteiger partial charge in [-0.2, -0.15) is 0 Å². The molecule has 0 saturated carbocycles. The molecule has 0 bridgehead atoms. The predicted octanol–water partition coefficient (Wildman–Crippen LogP) is 3.12. The molecule has 2 amide bonds. The summed E-state index contributed by atoms with van der Waals surface area (Å²) >= 11 is 0. The number of fused-ring (bicyclic) bond motifs is 1. The number of hydrogen-bond donors (Lipinski definition) is 1. The van der Waals surface area contributed by atoms with Crippen LogP contribution in [0.15, 0.2) is 42.9 Å². The van der Waals surface area contributed by atoms with Gasteiger partial charge in [0.05, 0.1) is 12.2 Å². The maximum absolute atomic E-state index is 12.8. The molecule has 2 heterocycles. The molecular formula is C21H27N5O. The number of rotatable bonds is 2. The third kappa shape index (κ3) is 3.61. The SMILES string of the molecule is CC1(C)CCC(NC(=O)N2CCN(c3cnccn3)CC2)c2ccccc21. The minimum absolute atomic E-state index is 0.0355. The van der Waals surface area contributed by atoms with E-state index in [4.69, 9.17) is 0 Å². The fraction of sp³-hybridized carbons (Fsp3) is 0.476. The van der Waals surface area contributed by atoms with Gasteiger partial charge in [0, 0.05) is 38.6 Å². The van der Waals surface area contributed by atoms with E-state index in [0.717, 1.165) is 31.7 Å². The van der Waals surface area contributed by atoms with Gasteiger partial charge in [0.15, 0.2) is 0 Å². The second kappa shape index (κ2) is 7.18. The van der Waals surface area contributed by atoms with E-state index < -0.39 is 0 Å². The van der Waals surface area contributed by atoms with Crippen LogP contribution >= 0.6 is 0 Å².